The summed E-state index contributed by atoms with van der Waals surface area (Å²) in [7, 11) is 1.92. The van der Waals surface area contributed by atoms with E-state index >= 15 is 0 Å². The molecule has 0 fully saturated rings. The summed E-state index contributed by atoms with van der Waals surface area (Å²) < 4.78 is 1.82. The number of aromatic nitrogens is 2. The van der Waals surface area contributed by atoms with Gasteiger partial charge in [-0.3, -0.25) is 9.67 Å². The molecular weight excluding hydrogens is 274 g/mol. The van der Waals surface area contributed by atoms with Crippen LogP contribution < -0.4 is 10.6 Å². The summed E-state index contributed by atoms with van der Waals surface area (Å²) in [5, 5.41) is 5.11. The lowest BCUT2D eigenvalue weighted by Crippen LogP contribution is -2.36. The number of aliphatic imine (C=N–C) groups is 1. The number of guanidine groups is 1. The normalized spacial score (nSPS) is 18.4. The highest BCUT2D eigenvalue weighted by Crippen LogP contribution is 2.32. The Morgan fingerprint density at radius 2 is 2.00 bits per heavy atom. The standard InChI is InChI=1S/C14H16ClN5/c1-9-12(8-19(2)18-9)13-7-17-14(16)20(13)11-5-3-10(15)4-6-11/h3-6,8,13H,7H2,1-2H3,(H2,16,17). The molecule has 0 bridgehead atoms. The number of hydrogen-bond acceptors (Lipinski definition) is 4. The molecule has 3 rings (SSSR count). The summed E-state index contributed by atoms with van der Waals surface area (Å²) in [5.41, 5.74) is 9.18. The van der Waals surface area contributed by atoms with Gasteiger partial charge in [-0.1, -0.05) is 11.6 Å². The molecule has 0 spiro atoms. The van der Waals surface area contributed by atoms with Crippen LogP contribution in [0.3, 0.4) is 0 Å². The van der Waals surface area contributed by atoms with E-state index in [0.29, 0.717) is 17.5 Å². The molecule has 1 aromatic heterocycles. The van der Waals surface area contributed by atoms with Crippen molar-refractivity contribution in [3.8, 4) is 0 Å². The van der Waals surface area contributed by atoms with E-state index in [1.807, 2.05) is 54.0 Å². The number of hydrogen-bond donors (Lipinski definition) is 1. The maximum absolute atomic E-state index is 6.05. The van der Waals surface area contributed by atoms with E-state index in [-0.39, 0.29) is 6.04 Å². The van der Waals surface area contributed by atoms with Crippen molar-refractivity contribution in [3.05, 3.63) is 46.7 Å². The Balaban J connectivity index is 2.00. The molecule has 0 radical (unpaired) electrons. The van der Waals surface area contributed by atoms with Crippen molar-refractivity contribution in [2.24, 2.45) is 17.8 Å². The molecule has 1 aliphatic heterocycles. The van der Waals surface area contributed by atoms with Crippen LogP contribution in [-0.4, -0.2) is 22.3 Å². The predicted molar refractivity (Wildman–Crippen MR) is 81.1 cm³/mol. The van der Waals surface area contributed by atoms with Crippen molar-refractivity contribution >= 4 is 23.2 Å². The molecule has 1 aliphatic rings. The molecule has 0 saturated carbocycles. The molecule has 0 amide bonds. The van der Waals surface area contributed by atoms with Crippen LogP contribution in [0.25, 0.3) is 0 Å². The Hall–Kier alpha value is -2.01. The van der Waals surface area contributed by atoms with Gasteiger partial charge >= 0.3 is 0 Å². The minimum Gasteiger partial charge on any atom is -0.369 e. The quantitative estimate of drug-likeness (QED) is 0.922. The van der Waals surface area contributed by atoms with E-state index in [2.05, 4.69) is 10.1 Å². The fraction of sp³-hybridized carbons (Fsp3) is 0.286. The van der Waals surface area contributed by atoms with Crippen molar-refractivity contribution in [2.75, 3.05) is 11.4 Å². The van der Waals surface area contributed by atoms with E-state index in [1.54, 1.807) is 0 Å². The first-order valence-electron chi connectivity index (χ1n) is 6.41. The smallest absolute Gasteiger partial charge is 0.196 e. The Kier molecular flexibility index (Phi) is 3.14. The Labute approximate surface area is 122 Å². The second-order valence-electron chi connectivity index (χ2n) is 4.90. The summed E-state index contributed by atoms with van der Waals surface area (Å²) in [6, 6.07) is 7.71. The third kappa shape index (κ3) is 2.14. The minimum absolute atomic E-state index is 0.0878. The van der Waals surface area contributed by atoms with Crippen molar-refractivity contribution in [1.82, 2.24) is 9.78 Å². The molecule has 0 saturated heterocycles. The number of halogens is 1. The van der Waals surface area contributed by atoms with Gasteiger partial charge < -0.3 is 10.6 Å². The zero-order valence-corrected chi connectivity index (χ0v) is 12.2. The van der Waals surface area contributed by atoms with Crippen LogP contribution in [0.5, 0.6) is 0 Å². The zero-order chi connectivity index (χ0) is 14.3. The summed E-state index contributed by atoms with van der Waals surface area (Å²) in [6.45, 7) is 2.64. The minimum atomic E-state index is 0.0878. The molecule has 104 valence electrons. The molecule has 1 unspecified atom stereocenters. The van der Waals surface area contributed by atoms with Crippen LogP contribution in [0.4, 0.5) is 5.69 Å². The number of aryl methyl sites for hydroxylation is 2. The van der Waals surface area contributed by atoms with Gasteiger partial charge in [0.2, 0.25) is 0 Å². The molecule has 2 N–H and O–H groups in total. The Morgan fingerprint density at radius 3 is 2.60 bits per heavy atom. The van der Waals surface area contributed by atoms with Gasteiger partial charge in [-0.2, -0.15) is 5.10 Å². The van der Waals surface area contributed by atoms with E-state index in [1.165, 1.54) is 0 Å². The zero-order valence-electron chi connectivity index (χ0n) is 11.4. The molecular formula is C14H16ClN5. The molecule has 5 nitrogen and oxygen atoms in total. The average Bonchev–Trinajstić information content (AvgIpc) is 2.93. The SMILES string of the molecule is Cc1nn(C)cc1C1CN=C(N)N1c1ccc(Cl)cc1. The molecule has 6 heteroatoms. The lowest BCUT2D eigenvalue weighted by Gasteiger charge is -2.26. The predicted octanol–water partition coefficient (Wildman–Crippen LogP) is 2.26. The Bertz CT molecular complexity index is 659. The van der Waals surface area contributed by atoms with Gasteiger partial charge in [0.25, 0.3) is 0 Å². The number of anilines is 1. The van der Waals surface area contributed by atoms with Gasteiger partial charge in [0.1, 0.15) is 0 Å². The van der Waals surface area contributed by atoms with Gasteiger partial charge in [0.15, 0.2) is 5.96 Å². The molecule has 2 heterocycles. The highest BCUT2D eigenvalue weighted by atomic mass is 35.5. The first-order valence-corrected chi connectivity index (χ1v) is 6.79. The van der Waals surface area contributed by atoms with Gasteiger partial charge in [-0.05, 0) is 31.2 Å². The lowest BCUT2D eigenvalue weighted by molar-refractivity contribution is 0.751. The topological polar surface area (TPSA) is 59.4 Å². The summed E-state index contributed by atoms with van der Waals surface area (Å²) in [6.07, 6.45) is 2.02. The summed E-state index contributed by atoms with van der Waals surface area (Å²) in [5.74, 6) is 0.528. The van der Waals surface area contributed by atoms with Crippen LogP contribution >= 0.6 is 11.6 Å². The maximum atomic E-state index is 6.05. The third-order valence-corrected chi connectivity index (χ3v) is 3.75. The highest BCUT2D eigenvalue weighted by Gasteiger charge is 2.31. The van der Waals surface area contributed by atoms with Gasteiger partial charge in [-0.25, -0.2) is 0 Å². The van der Waals surface area contributed by atoms with Crippen LogP contribution in [0.2, 0.25) is 5.02 Å². The number of nitrogens with two attached hydrogens (primary N) is 1. The second kappa shape index (κ2) is 4.83. The van der Waals surface area contributed by atoms with E-state index in [9.17, 15) is 0 Å². The molecule has 1 aromatic carbocycles. The largest absolute Gasteiger partial charge is 0.369 e. The molecule has 2 aromatic rings. The second-order valence-corrected chi connectivity index (χ2v) is 5.34. The molecule has 1 atom stereocenters. The van der Waals surface area contributed by atoms with Gasteiger partial charge in [-0.15, -0.1) is 0 Å². The highest BCUT2D eigenvalue weighted by molar-refractivity contribution is 6.30. The first-order chi connectivity index (χ1) is 9.56. The Morgan fingerprint density at radius 1 is 1.30 bits per heavy atom. The fourth-order valence-electron chi connectivity index (χ4n) is 2.59. The van der Waals surface area contributed by atoms with Crippen LogP contribution in [0.1, 0.15) is 17.3 Å². The molecule has 20 heavy (non-hydrogen) atoms. The van der Waals surface area contributed by atoms with Crippen LogP contribution in [0, 0.1) is 6.92 Å². The lowest BCUT2D eigenvalue weighted by atomic mass is 10.1. The van der Waals surface area contributed by atoms with Gasteiger partial charge in [0, 0.05) is 29.5 Å². The van der Waals surface area contributed by atoms with E-state index < -0.39 is 0 Å². The summed E-state index contributed by atoms with van der Waals surface area (Å²) >= 11 is 5.94. The number of rotatable bonds is 2. The van der Waals surface area contributed by atoms with E-state index in [4.69, 9.17) is 17.3 Å². The fourth-order valence-corrected chi connectivity index (χ4v) is 2.72. The average molecular weight is 290 g/mol. The van der Waals surface area contributed by atoms with Crippen molar-refractivity contribution in [3.63, 3.8) is 0 Å². The maximum Gasteiger partial charge on any atom is 0.196 e. The van der Waals surface area contributed by atoms with Crippen molar-refractivity contribution in [1.29, 1.82) is 0 Å². The third-order valence-electron chi connectivity index (χ3n) is 3.50. The van der Waals surface area contributed by atoms with E-state index in [0.717, 1.165) is 16.9 Å². The van der Waals surface area contributed by atoms with Crippen LogP contribution in [0.15, 0.2) is 35.5 Å². The van der Waals surface area contributed by atoms with Gasteiger partial charge in [0.05, 0.1) is 18.3 Å². The van der Waals surface area contributed by atoms with Crippen molar-refractivity contribution in [2.45, 2.75) is 13.0 Å². The number of nitrogens with zero attached hydrogens (tertiary/aromatic N) is 4. The van der Waals surface area contributed by atoms with Crippen LogP contribution in [-0.2, 0) is 7.05 Å². The summed E-state index contributed by atoms with van der Waals surface area (Å²) in [4.78, 5) is 6.40. The molecule has 0 aliphatic carbocycles. The first kappa shape index (κ1) is 13.0. The number of benzene rings is 1. The monoisotopic (exact) mass is 289 g/mol. The van der Waals surface area contributed by atoms with Crippen molar-refractivity contribution < 1.29 is 0 Å².